The van der Waals surface area contributed by atoms with Gasteiger partial charge in [-0.25, -0.2) is 0 Å². The number of aromatic nitrogens is 2. The van der Waals surface area contributed by atoms with Crippen LogP contribution in [0, 0.1) is 10.1 Å². The highest BCUT2D eigenvalue weighted by Crippen LogP contribution is 2.43. The maximum atomic E-state index is 12.8. The van der Waals surface area contributed by atoms with E-state index in [1.165, 1.54) is 0 Å². The van der Waals surface area contributed by atoms with E-state index >= 15 is 0 Å². The number of nitro benzene ring substituents is 1. The Kier molecular flexibility index (Phi) is 4.78. The summed E-state index contributed by atoms with van der Waals surface area (Å²) in [5.74, 6) is 0. The lowest BCUT2D eigenvalue weighted by Crippen LogP contribution is -2.07. The van der Waals surface area contributed by atoms with Crippen molar-refractivity contribution in [3.05, 3.63) is 32.8 Å². The molecule has 1 aromatic carbocycles. The summed E-state index contributed by atoms with van der Waals surface area (Å²) in [6.45, 7) is 0. The van der Waals surface area contributed by atoms with E-state index in [0.29, 0.717) is 15.5 Å². The van der Waals surface area contributed by atoms with Crippen LogP contribution < -0.4 is 5.32 Å². The summed E-state index contributed by atoms with van der Waals surface area (Å²) in [4.78, 5) is 10.1. The Morgan fingerprint density at radius 2 is 2.09 bits per heavy atom. The Morgan fingerprint density at radius 3 is 2.59 bits per heavy atom. The first-order valence-electron chi connectivity index (χ1n) is 5.46. The van der Waals surface area contributed by atoms with Gasteiger partial charge in [-0.3, -0.25) is 10.1 Å². The van der Waals surface area contributed by atoms with E-state index in [9.17, 15) is 23.3 Å². The summed E-state index contributed by atoms with van der Waals surface area (Å²) in [5.41, 5.74) is -1.94. The largest absolute Gasteiger partial charge is 0.418 e. The highest BCUT2D eigenvalue weighted by Gasteiger charge is 2.36. The summed E-state index contributed by atoms with van der Waals surface area (Å²) >= 11 is 7.52. The van der Waals surface area contributed by atoms with Gasteiger partial charge >= 0.3 is 6.18 Å². The second kappa shape index (κ2) is 6.26. The average Bonchev–Trinajstić information content (AvgIpc) is 2.84. The van der Waals surface area contributed by atoms with Crippen LogP contribution in [0.4, 0.5) is 24.0 Å². The van der Waals surface area contributed by atoms with Crippen LogP contribution in [0.5, 0.6) is 0 Å². The van der Waals surface area contributed by atoms with Crippen LogP contribution in [0.15, 0.2) is 21.4 Å². The van der Waals surface area contributed by atoms with Crippen LogP contribution in [0.2, 0.25) is 5.02 Å². The third-order valence-electron chi connectivity index (χ3n) is 2.37. The van der Waals surface area contributed by atoms with E-state index < -0.39 is 27.4 Å². The van der Waals surface area contributed by atoms with E-state index in [-0.39, 0.29) is 4.90 Å². The molecule has 0 atom stereocenters. The van der Waals surface area contributed by atoms with Gasteiger partial charge in [-0.2, -0.15) is 13.2 Å². The molecule has 0 fully saturated rings. The monoisotopic (exact) mass is 370 g/mol. The second-order valence-corrected chi connectivity index (χ2v) is 6.45. The molecule has 1 heterocycles. The molecule has 0 saturated heterocycles. The topological polar surface area (TPSA) is 81.0 Å². The van der Waals surface area contributed by atoms with Crippen molar-refractivity contribution in [3.8, 4) is 0 Å². The maximum Gasteiger partial charge on any atom is 0.418 e. The van der Waals surface area contributed by atoms with Crippen molar-refractivity contribution < 1.29 is 18.1 Å². The van der Waals surface area contributed by atoms with Crippen molar-refractivity contribution in [3.63, 3.8) is 0 Å². The lowest BCUT2D eigenvalue weighted by Gasteiger charge is -2.10. The third kappa shape index (κ3) is 3.59. The van der Waals surface area contributed by atoms with Crippen LogP contribution in [0.1, 0.15) is 5.56 Å². The molecule has 0 amide bonds. The minimum Gasteiger partial charge on any atom is -0.363 e. The third-order valence-corrected chi connectivity index (χ3v) is 4.72. The molecule has 1 aromatic heterocycles. The average molecular weight is 371 g/mol. The Bertz CT molecular complexity index is 723. The number of benzene rings is 1. The van der Waals surface area contributed by atoms with Crippen LogP contribution in [0.3, 0.4) is 0 Å². The van der Waals surface area contributed by atoms with Crippen LogP contribution >= 0.6 is 34.7 Å². The molecule has 6 nitrogen and oxygen atoms in total. The van der Waals surface area contributed by atoms with E-state index in [4.69, 9.17) is 11.6 Å². The van der Waals surface area contributed by atoms with Crippen molar-refractivity contribution in [2.24, 2.45) is 0 Å². The van der Waals surface area contributed by atoms with Gasteiger partial charge in [0.15, 0.2) is 4.34 Å². The van der Waals surface area contributed by atoms with Gasteiger partial charge in [0.1, 0.15) is 0 Å². The lowest BCUT2D eigenvalue weighted by molar-refractivity contribution is -0.388. The summed E-state index contributed by atoms with van der Waals surface area (Å²) in [7, 11) is 1.62. The van der Waals surface area contributed by atoms with Crippen LogP contribution in [-0.2, 0) is 6.18 Å². The molecule has 0 radical (unpaired) electrons. The molecule has 0 aliphatic carbocycles. The van der Waals surface area contributed by atoms with Gasteiger partial charge in [-0.05, 0) is 17.8 Å². The highest BCUT2D eigenvalue weighted by atomic mass is 35.5. The van der Waals surface area contributed by atoms with E-state index in [2.05, 4.69) is 15.5 Å². The molecular formula is C10H6ClF3N4O2S2. The Balaban J connectivity index is 2.46. The predicted molar refractivity (Wildman–Crippen MR) is 76.7 cm³/mol. The van der Waals surface area contributed by atoms with Crippen molar-refractivity contribution in [2.75, 3.05) is 12.4 Å². The van der Waals surface area contributed by atoms with Crippen molar-refractivity contribution in [1.29, 1.82) is 0 Å². The van der Waals surface area contributed by atoms with E-state index in [1.54, 1.807) is 7.05 Å². The number of nitro groups is 1. The normalized spacial score (nSPS) is 11.5. The number of halogens is 4. The summed E-state index contributed by atoms with van der Waals surface area (Å²) < 4.78 is 38.6. The number of alkyl halides is 3. The summed E-state index contributed by atoms with van der Waals surface area (Å²) in [5, 5.41) is 21.1. The van der Waals surface area contributed by atoms with E-state index in [1.807, 2.05) is 0 Å². The molecule has 0 aliphatic rings. The fourth-order valence-corrected chi connectivity index (χ4v) is 3.56. The first-order chi connectivity index (χ1) is 10.2. The SMILES string of the molecule is CNc1nnc(Sc2cc(Cl)c(C(F)(F)F)cc2[N+](=O)[O-])s1. The highest BCUT2D eigenvalue weighted by molar-refractivity contribution is 8.01. The Morgan fingerprint density at radius 1 is 1.41 bits per heavy atom. The molecule has 118 valence electrons. The molecule has 12 heteroatoms. The van der Waals surface area contributed by atoms with Gasteiger partial charge < -0.3 is 5.32 Å². The number of nitrogens with zero attached hydrogens (tertiary/aromatic N) is 3. The smallest absolute Gasteiger partial charge is 0.363 e. The summed E-state index contributed by atoms with van der Waals surface area (Å²) in [6.07, 6.45) is -4.77. The fraction of sp³-hybridized carbons (Fsp3) is 0.200. The maximum absolute atomic E-state index is 12.8. The van der Waals surface area contributed by atoms with Gasteiger partial charge in [0, 0.05) is 13.1 Å². The first-order valence-corrected chi connectivity index (χ1v) is 7.47. The number of rotatable bonds is 4. The van der Waals surface area contributed by atoms with Crippen LogP contribution in [0.25, 0.3) is 0 Å². The molecule has 2 rings (SSSR count). The minimum atomic E-state index is -4.77. The van der Waals surface area contributed by atoms with E-state index in [0.717, 1.165) is 29.2 Å². The number of hydrogen-bond donors (Lipinski definition) is 1. The Hall–Kier alpha value is -1.59. The fourth-order valence-electron chi connectivity index (χ4n) is 1.43. The van der Waals surface area contributed by atoms with Crippen molar-refractivity contribution >= 4 is 45.5 Å². The number of nitrogens with one attached hydrogen (secondary N) is 1. The number of hydrogen-bond acceptors (Lipinski definition) is 7. The van der Waals surface area contributed by atoms with Crippen molar-refractivity contribution in [2.45, 2.75) is 15.4 Å². The van der Waals surface area contributed by atoms with Gasteiger partial charge in [-0.15, -0.1) is 10.2 Å². The molecular weight excluding hydrogens is 365 g/mol. The number of anilines is 1. The Labute approximate surface area is 134 Å². The molecule has 0 saturated carbocycles. The minimum absolute atomic E-state index is 0.0400. The van der Waals surface area contributed by atoms with Crippen molar-refractivity contribution in [1.82, 2.24) is 10.2 Å². The molecule has 0 bridgehead atoms. The second-order valence-electron chi connectivity index (χ2n) is 3.78. The quantitative estimate of drug-likeness (QED) is 0.638. The van der Waals surface area contributed by atoms with Crippen LogP contribution in [-0.4, -0.2) is 22.2 Å². The lowest BCUT2D eigenvalue weighted by atomic mass is 10.2. The van der Waals surface area contributed by atoms with Gasteiger partial charge in [0.25, 0.3) is 5.69 Å². The molecule has 0 aliphatic heterocycles. The summed E-state index contributed by atoms with van der Waals surface area (Å²) in [6, 6.07) is 1.33. The zero-order valence-corrected chi connectivity index (χ0v) is 13.0. The molecule has 0 unspecified atom stereocenters. The molecule has 2 aromatic rings. The van der Waals surface area contributed by atoms with Gasteiger partial charge in [0.05, 0.1) is 20.4 Å². The van der Waals surface area contributed by atoms with Gasteiger partial charge in [0.2, 0.25) is 5.13 Å². The first kappa shape index (κ1) is 16.8. The molecule has 1 N–H and O–H groups in total. The zero-order chi connectivity index (χ0) is 16.5. The predicted octanol–water partition coefficient (Wildman–Crippen LogP) is 4.31. The molecule has 0 spiro atoms. The zero-order valence-electron chi connectivity index (χ0n) is 10.6. The van der Waals surface area contributed by atoms with Gasteiger partial charge in [-0.1, -0.05) is 22.9 Å². The molecule has 22 heavy (non-hydrogen) atoms. The standard InChI is InChI=1S/C10H6ClF3N4O2S2/c1-15-8-16-17-9(22-8)21-7-3-5(11)4(10(12,13)14)2-6(7)18(19)20/h2-3H,1H3,(H,15,16).